The molecule has 5 nitrogen and oxygen atoms in total. The van der Waals surface area contributed by atoms with Crippen LogP contribution in [0.4, 0.5) is 0 Å². The second-order valence-corrected chi connectivity index (χ2v) is 6.58. The second kappa shape index (κ2) is 7.78. The first-order valence-electron chi connectivity index (χ1n) is 8.29. The smallest absolute Gasteiger partial charge is 0.236 e. The fraction of sp³-hybridized carbons (Fsp3) is 0.875. The zero-order chi connectivity index (χ0) is 15.2. The fourth-order valence-corrected chi connectivity index (χ4v) is 3.31. The second-order valence-electron chi connectivity index (χ2n) is 6.58. The molecular weight excluding hydrogens is 266 g/mol. The van der Waals surface area contributed by atoms with E-state index >= 15 is 0 Å². The van der Waals surface area contributed by atoms with E-state index in [1.807, 2.05) is 19.0 Å². The van der Waals surface area contributed by atoms with E-state index in [0.29, 0.717) is 6.54 Å². The largest absolute Gasteiger partial charge is 0.349 e. The van der Waals surface area contributed by atoms with E-state index < -0.39 is 0 Å². The molecule has 5 heteroatoms. The Morgan fingerprint density at radius 3 is 2.05 bits per heavy atom. The standard InChI is InChI=1S/C16H29N3O2/c1-17(2)16(21)14-7-11-18(12-8-14)13-15(20)19-9-5-3-4-6-10-19/h14H,3-13H2,1-2H3. The zero-order valence-electron chi connectivity index (χ0n) is 13.5. The Morgan fingerprint density at radius 2 is 1.52 bits per heavy atom. The number of carbonyl (C=O) groups excluding carboxylic acids is 2. The monoisotopic (exact) mass is 295 g/mol. The summed E-state index contributed by atoms with van der Waals surface area (Å²) < 4.78 is 0. The number of rotatable bonds is 3. The van der Waals surface area contributed by atoms with Crippen molar-refractivity contribution in [3.8, 4) is 0 Å². The van der Waals surface area contributed by atoms with E-state index in [9.17, 15) is 9.59 Å². The number of piperidine rings is 1. The third kappa shape index (κ3) is 4.70. The molecular formula is C16H29N3O2. The molecule has 0 atom stereocenters. The van der Waals surface area contributed by atoms with Crippen molar-refractivity contribution in [3.05, 3.63) is 0 Å². The number of hydrogen-bond acceptors (Lipinski definition) is 3. The van der Waals surface area contributed by atoms with Gasteiger partial charge in [-0.3, -0.25) is 14.5 Å². The van der Waals surface area contributed by atoms with Crippen molar-refractivity contribution in [2.45, 2.75) is 38.5 Å². The number of carbonyl (C=O) groups is 2. The Balaban J connectivity index is 1.75. The Hall–Kier alpha value is -1.10. The summed E-state index contributed by atoms with van der Waals surface area (Å²) in [6.45, 7) is 4.11. The van der Waals surface area contributed by atoms with Crippen molar-refractivity contribution in [1.82, 2.24) is 14.7 Å². The summed E-state index contributed by atoms with van der Waals surface area (Å²) in [4.78, 5) is 30.2. The molecule has 0 unspecified atom stereocenters. The predicted octanol–water partition coefficient (Wildman–Crippen LogP) is 1.19. The van der Waals surface area contributed by atoms with Gasteiger partial charge in [0.1, 0.15) is 0 Å². The van der Waals surface area contributed by atoms with Gasteiger partial charge in [-0.25, -0.2) is 0 Å². The third-order valence-electron chi connectivity index (χ3n) is 4.70. The Labute approximate surface area is 128 Å². The van der Waals surface area contributed by atoms with Crippen LogP contribution < -0.4 is 0 Å². The lowest BCUT2D eigenvalue weighted by Crippen LogP contribution is -2.45. The van der Waals surface area contributed by atoms with Gasteiger partial charge < -0.3 is 9.80 Å². The fourth-order valence-electron chi connectivity index (χ4n) is 3.31. The Bertz CT molecular complexity index is 355. The van der Waals surface area contributed by atoms with E-state index in [1.54, 1.807) is 4.90 Å². The van der Waals surface area contributed by atoms with Crippen molar-refractivity contribution >= 4 is 11.8 Å². The predicted molar refractivity (Wildman–Crippen MR) is 82.9 cm³/mol. The van der Waals surface area contributed by atoms with Crippen LogP contribution >= 0.6 is 0 Å². The quantitative estimate of drug-likeness (QED) is 0.785. The van der Waals surface area contributed by atoms with Crippen molar-refractivity contribution < 1.29 is 9.59 Å². The molecule has 0 radical (unpaired) electrons. The average Bonchev–Trinajstić information content (AvgIpc) is 2.76. The maximum absolute atomic E-state index is 12.4. The first-order chi connectivity index (χ1) is 10.1. The SMILES string of the molecule is CN(C)C(=O)C1CCN(CC(=O)N2CCCCCC2)CC1. The van der Waals surface area contributed by atoms with Crippen LogP contribution in [0.2, 0.25) is 0 Å². The topological polar surface area (TPSA) is 43.9 Å². The molecule has 2 amide bonds. The number of amides is 2. The molecule has 0 aromatic rings. The lowest BCUT2D eigenvalue weighted by molar-refractivity contribution is -0.135. The van der Waals surface area contributed by atoms with E-state index in [0.717, 1.165) is 51.9 Å². The van der Waals surface area contributed by atoms with Gasteiger partial charge in [-0.1, -0.05) is 12.8 Å². The molecule has 0 spiro atoms. The minimum atomic E-state index is 0.143. The summed E-state index contributed by atoms with van der Waals surface area (Å²) >= 11 is 0. The van der Waals surface area contributed by atoms with Crippen LogP contribution in [0.25, 0.3) is 0 Å². The van der Waals surface area contributed by atoms with Crippen LogP contribution in [-0.4, -0.2) is 73.3 Å². The van der Waals surface area contributed by atoms with Crippen LogP contribution in [0.5, 0.6) is 0 Å². The molecule has 2 aliphatic rings. The highest BCUT2D eigenvalue weighted by Gasteiger charge is 2.27. The molecule has 0 aliphatic carbocycles. The summed E-state index contributed by atoms with van der Waals surface area (Å²) in [6, 6.07) is 0. The van der Waals surface area contributed by atoms with Crippen molar-refractivity contribution in [1.29, 1.82) is 0 Å². The lowest BCUT2D eigenvalue weighted by Gasteiger charge is -2.33. The number of likely N-dealkylation sites (tertiary alicyclic amines) is 2. The lowest BCUT2D eigenvalue weighted by atomic mass is 9.95. The summed E-state index contributed by atoms with van der Waals surface area (Å²) in [6.07, 6.45) is 6.55. The number of nitrogens with zero attached hydrogens (tertiary/aromatic N) is 3. The first-order valence-corrected chi connectivity index (χ1v) is 8.29. The highest BCUT2D eigenvalue weighted by molar-refractivity contribution is 5.79. The average molecular weight is 295 g/mol. The van der Waals surface area contributed by atoms with Crippen LogP contribution in [-0.2, 0) is 9.59 Å². The van der Waals surface area contributed by atoms with Gasteiger partial charge in [-0.15, -0.1) is 0 Å². The zero-order valence-corrected chi connectivity index (χ0v) is 13.5. The first kappa shape index (κ1) is 16.3. The van der Waals surface area contributed by atoms with E-state index in [1.165, 1.54) is 12.8 Å². The Kier molecular flexibility index (Phi) is 6.03. The van der Waals surface area contributed by atoms with Crippen molar-refractivity contribution in [3.63, 3.8) is 0 Å². The van der Waals surface area contributed by atoms with Gasteiger partial charge in [0, 0.05) is 33.1 Å². The van der Waals surface area contributed by atoms with Gasteiger partial charge >= 0.3 is 0 Å². The van der Waals surface area contributed by atoms with Crippen LogP contribution in [0, 0.1) is 5.92 Å². The maximum atomic E-state index is 12.4. The highest BCUT2D eigenvalue weighted by atomic mass is 16.2. The molecule has 0 aromatic heterocycles. The summed E-state index contributed by atoms with van der Waals surface area (Å²) in [5.74, 6) is 0.646. The molecule has 2 saturated heterocycles. The molecule has 2 heterocycles. The molecule has 2 aliphatic heterocycles. The van der Waals surface area contributed by atoms with Crippen molar-refractivity contribution in [2.24, 2.45) is 5.92 Å². The van der Waals surface area contributed by atoms with Gasteiger partial charge in [0.25, 0.3) is 0 Å². The van der Waals surface area contributed by atoms with Crippen LogP contribution in [0.3, 0.4) is 0 Å². The van der Waals surface area contributed by atoms with E-state index in [4.69, 9.17) is 0 Å². The molecule has 120 valence electrons. The Morgan fingerprint density at radius 1 is 0.952 bits per heavy atom. The van der Waals surface area contributed by atoms with Crippen LogP contribution in [0.15, 0.2) is 0 Å². The van der Waals surface area contributed by atoms with Gasteiger partial charge in [0.2, 0.25) is 11.8 Å². The summed E-state index contributed by atoms with van der Waals surface area (Å²) in [5, 5.41) is 0. The van der Waals surface area contributed by atoms with Crippen molar-refractivity contribution in [2.75, 3.05) is 46.8 Å². The van der Waals surface area contributed by atoms with Gasteiger partial charge in [-0.05, 0) is 38.8 Å². The van der Waals surface area contributed by atoms with Gasteiger partial charge in [0.15, 0.2) is 0 Å². The normalized spacial score (nSPS) is 21.9. The molecule has 2 rings (SSSR count). The number of hydrogen-bond donors (Lipinski definition) is 0. The highest BCUT2D eigenvalue weighted by Crippen LogP contribution is 2.19. The third-order valence-corrected chi connectivity index (χ3v) is 4.70. The van der Waals surface area contributed by atoms with Gasteiger partial charge in [-0.2, -0.15) is 0 Å². The summed E-state index contributed by atoms with van der Waals surface area (Å²) in [7, 11) is 3.63. The van der Waals surface area contributed by atoms with Gasteiger partial charge in [0.05, 0.1) is 6.54 Å². The molecule has 2 fully saturated rings. The van der Waals surface area contributed by atoms with E-state index in [-0.39, 0.29) is 17.7 Å². The molecule has 0 saturated carbocycles. The molecule has 0 aromatic carbocycles. The molecule has 0 N–H and O–H groups in total. The molecule has 0 bridgehead atoms. The minimum absolute atomic E-state index is 0.143. The summed E-state index contributed by atoms with van der Waals surface area (Å²) in [5.41, 5.74) is 0. The maximum Gasteiger partial charge on any atom is 0.236 e. The van der Waals surface area contributed by atoms with Crippen LogP contribution in [0.1, 0.15) is 38.5 Å². The minimum Gasteiger partial charge on any atom is -0.349 e. The van der Waals surface area contributed by atoms with E-state index in [2.05, 4.69) is 4.90 Å². The molecule has 21 heavy (non-hydrogen) atoms.